The highest BCUT2D eigenvalue weighted by Crippen LogP contribution is 2.30. The zero-order chi connectivity index (χ0) is 13.7. The molecule has 0 spiro atoms. The van der Waals surface area contributed by atoms with Gasteiger partial charge in [-0.2, -0.15) is 4.31 Å². The predicted molar refractivity (Wildman–Crippen MR) is 75.6 cm³/mol. The van der Waals surface area contributed by atoms with Gasteiger partial charge in [0.05, 0.1) is 24.5 Å². The van der Waals surface area contributed by atoms with E-state index in [1.165, 1.54) is 0 Å². The number of ether oxygens (including phenoxy) is 1. The molecule has 1 aliphatic heterocycles. The Kier molecular flexibility index (Phi) is 5.62. The van der Waals surface area contributed by atoms with E-state index in [0.717, 1.165) is 38.8 Å². The quantitative estimate of drug-likeness (QED) is 0.740. The van der Waals surface area contributed by atoms with E-state index in [2.05, 4.69) is 5.32 Å². The maximum Gasteiger partial charge on any atom is 0.214 e. The maximum atomic E-state index is 12.4. The number of nitrogens with zero attached hydrogens (tertiary/aromatic N) is 1. The summed E-state index contributed by atoms with van der Waals surface area (Å²) in [6.45, 7) is 4.78. The number of sulfonamides is 1. The van der Waals surface area contributed by atoms with Crippen LogP contribution in [0.5, 0.6) is 0 Å². The summed E-state index contributed by atoms with van der Waals surface area (Å²) in [6, 6.07) is 0.0895. The van der Waals surface area contributed by atoms with Crippen molar-refractivity contribution in [2.24, 2.45) is 0 Å². The third-order valence-electron chi connectivity index (χ3n) is 4.04. The van der Waals surface area contributed by atoms with Gasteiger partial charge >= 0.3 is 0 Å². The molecule has 1 saturated carbocycles. The Morgan fingerprint density at radius 2 is 2.11 bits per heavy atom. The van der Waals surface area contributed by atoms with Crippen molar-refractivity contribution in [2.45, 2.75) is 51.2 Å². The van der Waals surface area contributed by atoms with E-state index < -0.39 is 10.0 Å². The van der Waals surface area contributed by atoms with E-state index in [1.807, 2.05) is 6.92 Å². The minimum absolute atomic E-state index is 0.0895. The van der Waals surface area contributed by atoms with Crippen LogP contribution in [-0.2, 0) is 14.8 Å². The number of fused-ring (bicyclic) bond motifs is 1. The van der Waals surface area contributed by atoms with Crippen LogP contribution in [0.3, 0.4) is 0 Å². The van der Waals surface area contributed by atoms with Gasteiger partial charge in [-0.3, -0.25) is 0 Å². The van der Waals surface area contributed by atoms with Crippen molar-refractivity contribution in [3.63, 3.8) is 0 Å². The second kappa shape index (κ2) is 7.02. The zero-order valence-electron chi connectivity index (χ0n) is 11.8. The summed E-state index contributed by atoms with van der Waals surface area (Å²) >= 11 is 0. The lowest BCUT2D eigenvalue weighted by Crippen LogP contribution is -2.55. The van der Waals surface area contributed by atoms with Crippen molar-refractivity contribution in [3.05, 3.63) is 0 Å². The van der Waals surface area contributed by atoms with Crippen molar-refractivity contribution in [2.75, 3.05) is 32.0 Å². The number of rotatable bonds is 6. The van der Waals surface area contributed by atoms with Gasteiger partial charge in [0.1, 0.15) is 0 Å². The van der Waals surface area contributed by atoms with E-state index in [9.17, 15) is 8.42 Å². The molecule has 0 radical (unpaired) electrons. The van der Waals surface area contributed by atoms with Crippen LogP contribution in [0.4, 0.5) is 0 Å². The Morgan fingerprint density at radius 1 is 1.32 bits per heavy atom. The second-order valence-corrected chi connectivity index (χ2v) is 7.44. The third-order valence-corrected chi connectivity index (χ3v) is 6.02. The monoisotopic (exact) mass is 290 g/mol. The molecule has 0 amide bonds. The highest BCUT2D eigenvalue weighted by Gasteiger charge is 2.39. The first-order valence-electron chi connectivity index (χ1n) is 7.47. The Bertz CT molecular complexity index is 370. The lowest BCUT2D eigenvalue weighted by Gasteiger charge is -2.42. The summed E-state index contributed by atoms with van der Waals surface area (Å²) in [4.78, 5) is 0. The minimum Gasteiger partial charge on any atom is -0.375 e. The summed E-state index contributed by atoms with van der Waals surface area (Å²) < 4.78 is 32.4. The van der Waals surface area contributed by atoms with Crippen LogP contribution in [-0.4, -0.2) is 56.9 Å². The van der Waals surface area contributed by atoms with Crippen molar-refractivity contribution in [1.29, 1.82) is 0 Å². The number of hydrogen-bond acceptors (Lipinski definition) is 4. The lowest BCUT2D eigenvalue weighted by atomic mass is 9.91. The van der Waals surface area contributed by atoms with Crippen LogP contribution >= 0.6 is 0 Å². The highest BCUT2D eigenvalue weighted by molar-refractivity contribution is 7.89. The van der Waals surface area contributed by atoms with Gasteiger partial charge in [0.2, 0.25) is 10.0 Å². The average Bonchev–Trinajstić information content (AvgIpc) is 2.43. The first kappa shape index (κ1) is 15.2. The number of nitrogens with one attached hydrogen (secondary N) is 1. The molecule has 2 unspecified atom stereocenters. The topological polar surface area (TPSA) is 58.6 Å². The summed E-state index contributed by atoms with van der Waals surface area (Å²) in [5.41, 5.74) is 0. The summed E-state index contributed by atoms with van der Waals surface area (Å²) in [5, 5.41) is 3.17. The van der Waals surface area contributed by atoms with E-state index in [4.69, 9.17) is 4.74 Å². The Balaban J connectivity index is 1.93. The molecule has 1 N–H and O–H groups in total. The molecule has 1 heterocycles. The molecule has 1 saturated heterocycles. The van der Waals surface area contributed by atoms with Crippen LogP contribution < -0.4 is 5.32 Å². The van der Waals surface area contributed by atoms with Crippen LogP contribution in [0.2, 0.25) is 0 Å². The van der Waals surface area contributed by atoms with Crippen LogP contribution in [0.15, 0.2) is 0 Å². The summed E-state index contributed by atoms with van der Waals surface area (Å²) in [7, 11) is -3.12. The van der Waals surface area contributed by atoms with Crippen LogP contribution in [0.25, 0.3) is 0 Å². The third kappa shape index (κ3) is 3.90. The smallest absolute Gasteiger partial charge is 0.214 e. The average molecular weight is 290 g/mol. The molecule has 0 aromatic carbocycles. The standard InChI is InChI=1S/C13H26N2O3S/c1-2-14-8-5-11-19(16,17)15-9-10-18-13-7-4-3-6-12(13)15/h12-14H,2-11H2,1H3. The van der Waals surface area contributed by atoms with Crippen molar-refractivity contribution < 1.29 is 13.2 Å². The molecule has 2 atom stereocenters. The van der Waals surface area contributed by atoms with E-state index in [1.54, 1.807) is 4.31 Å². The molecule has 2 rings (SSSR count). The molecule has 2 fully saturated rings. The number of hydrogen-bond donors (Lipinski definition) is 1. The Labute approximate surface area is 116 Å². The normalized spacial score (nSPS) is 29.1. The van der Waals surface area contributed by atoms with Gasteiger partial charge in [-0.1, -0.05) is 19.8 Å². The Hall–Kier alpha value is -0.170. The molecule has 0 aromatic heterocycles. The molecule has 19 heavy (non-hydrogen) atoms. The first-order valence-corrected chi connectivity index (χ1v) is 9.08. The molecule has 112 valence electrons. The molecule has 6 heteroatoms. The van der Waals surface area contributed by atoms with Gasteiger partial charge in [0.25, 0.3) is 0 Å². The fourth-order valence-corrected chi connectivity index (χ4v) is 4.83. The fraction of sp³-hybridized carbons (Fsp3) is 1.00. The van der Waals surface area contributed by atoms with Gasteiger partial charge in [-0.15, -0.1) is 0 Å². The van der Waals surface area contributed by atoms with Gasteiger partial charge in [-0.25, -0.2) is 8.42 Å². The molecule has 1 aliphatic carbocycles. The van der Waals surface area contributed by atoms with Crippen LogP contribution in [0, 0.1) is 0 Å². The van der Waals surface area contributed by atoms with Gasteiger partial charge in [0, 0.05) is 6.54 Å². The molecule has 0 aromatic rings. The Morgan fingerprint density at radius 3 is 2.89 bits per heavy atom. The minimum atomic E-state index is -3.12. The molecular formula is C13H26N2O3S. The van der Waals surface area contributed by atoms with E-state index >= 15 is 0 Å². The van der Waals surface area contributed by atoms with Gasteiger partial charge in [-0.05, 0) is 32.4 Å². The summed E-state index contributed by atoms with van der Waals surface area (Å²) in [6.07, 6.45) is 5.06. The predicted octanol–water partition coefficient (Wildman–Crippen LogP) is 0.959. The van der Waals surface area contributed by atoms with Crippen molar-refractivity contribution in [1.82, 2.24) is 9.62 Å². The zero-order valence-corrected chi connectivity index (χ0v) is 12.6. The SMILES string of the molecule is CCNCCCS(=O)(=O)N1CCOC2CCCCC21. The largest absolute Gasteiger partial charge is 0.375 e. The number of morpholine rings is 1. The van der Waals surface area contributed by atoms with Crippen molar-refractivity contribution >= 4 is 10.0 Å². The highest BCUT2D eigenvalue weighted by atomic mass is 32.2. The van der Waals surface area contributed by atoms with Gasteiger partial charge in [0.15, 0.2) is 0 Å². The lowest BCUT2D eigenvalue weighted by molar-refractivity contribution is -0.0585. The fourth-order valence-electron chi connectivity index (χ4n) is 3.08. The molecular weight excluding hydrogens is 264 g/mol. The molecule has 0 bridgehead atoms. The first-order chi connectivity index (χ1) is 9.15. The van der Waals surface area contributed by atoms with Crippen molar-refractivity contribution in [3.8, 4) is 0 Å². The molecule has 5 nitrogen and oxygen atoms in total. The van der Waals surface area contributed by atoms with E-state index in [-0.39, 0.29) is 17.9 Å². The summed E-state index contributed by atoms with van der Waals surface area (Å²) in [5.74, 6) is 0.253. The second-order valence-electron chi connectivity index (χ2n) is 5.39. The van der Waals surface area contributed by atoms with E-state index in [0.29, 0.717) is 19.6 Å². The molecule has 2 aliphatic rings. The van der Waals surface area contributed by atoms with Crippen LogP contribution in [0.1, 0.15) is 39.0 Å². The maximum absolute atomic E-state index is 12.4. The van der Waals surface area contributed by atoms with Gasteiger partial charge < -0.3 is 10.1 Å².